The second kappa shape index (κ2) is 10.7. The van der Waals surface area contributed by atoms with Crippen molar-refractivity contribution in [3.8, 4) is 11.5 Å². The average Bonchev–Trinajstić information content (AvgIpc) is 3.16. The van der Waals surface area contributed by atoms with E-state index in [9.17, 15) is 9.59 Å². The smallest absolute Gasteiger partial charge is 0.337 e. The molecule has 7 nitrogen and oxygen atoms in total. The van der Waals surface area contributed by atoms with Crippen LogP contribution in [-0.4, -0.2) is 30.9 Å². The molecule has 0 unspecified atom stereocenters. The van der Waals surface area contributed by atoms with Gasteiger partial charge in [-0.05, 0) is 55.3 Å². The first kappa shape index (κ1) is 25.0. The second-order valence-corrected chi connectivity index (χ2v) is 9.27. The van der Waals surface area contributed by atoms with Crippen molar-refractivity contribution in [2.75, 3.05) is 20.3 Å². The Morgan fingerprint density at radius 1 is 1.11 bits per heavy atom. The number of esters is 1. The standard InChI is InChI=1S/C25H22Cl2N2O5S/c1-4-33-19-9-7-15(10-20(19)34-5-2)22-17(24(31)32-3)13-28-25-29(22)23(30)21(35-25)11-14-6-8-16(26)12-18(14)27/h6-13,22H,4-5H2,1-3H3/b21-11-/t22-/m1/s1. The minimum atomic E-state index is -0.767. The van der Waals surface area contributed by atoms with E-state index in [0.29, 0.717) is 55.2 Å². The van der Waals surface area contributed by atoms with Crippen LogP contribution in [0.1, 0.15) is 31.0 Å². The Hall–Kier alpha value is -3.07. The number of thiazole rings is 1. The number of rotatable bonds is 7. The van der Waals surface area contributed by atoms with E-state index in [4.69, 9.17) is 37.4 Å². The number of carbonyl (C=O) groups is 1. The number of aromatic nitrogens is 1. The number of hydrogen-bond acceptors (Lipinski definition) is 7. The zero-order valence-corrected chi connectivity index (χ0v) is 21.5. The van der Waals surface area contributed by atoms with E-state index in [-0.39, 0.29) is 11.1 Å². The molecular weight excluding hydrogens is 511 g/mol. The first-order chi connectivity index (χ1) is 16.9. The molecule has 35 heavy (non-hydrogen) atoms. The maximum Gasteiger partial charge on any atom is 0.337 e. The lowest BCUT2D eigenvalue weighted by Gasteiger charge is -2.23. The topological polar surface area (TPSA) is 79.1 Å². The number of halogens is 2. The molecule has 0 saturated heterocycles. The Bertz CT molecular complexity index is 1490. The third-order valence-corrected chi connectivity index (χ3v) is 6.82. The van der Waals surface area contributed by atoms with Gasteiger partial charge in [-0.3, -0.25) is 9.36 Å². The van der Waals surface area contributed by atoms with E-state index >= 15 is 0 Å². The summed E-state index contributed by atoms with van der Waals surface area (Å²) >= 11 is 13.5. The summed E-state index contributed by atoms with van der Waals surface area (Å²) in [4.78, 5) is 31.1. The molecule has 3 aromatic rings. The van der Waals surface area contributed by atoms with Crippen LogP contribution in [0.5, 0.6) is 11.5 Å². The fourth-order valence-electron chi connectivity index (χ4n) is 3.75. The molecule has 1 aliphatic rings. The van der Waals surface area contributed by atoms with Crippen LogP contribution in [-0.2, 0) is 9.53 Å². The fraction of sp³-hybridized carbons (Fsp3) is 0.240. The molecule has 2 aromatic carbocycles. The molecule has 0 amide bonds. The molecule has 1 aromatic heterocycles. The molecule has 4 rings (SSSR count). The highest BCUT2D eigenvalue weighted by molar-refractivity contribution is 7.07. The van der Waals surface area contributed by atoms with Crippen LogP contribution in [0.2, 0.25) is 10.0 Å². The summed E-state index contributed by atoms with van der Waals surface area (Å²) < 4.78 is 18.3. The van der Waals surface area contributed by atoms with Crippen molar-refractivity contribution in [3.63, 3.8) is 0 Å². The van der Waals surface area contributed by atoms with Crippen molar-refractivity contribution in [3.05, 3.63) is 89.0 Å². The third-order valence-electron chi connectivity index (χ3n) is 5.26. The van der Waals surface area contributed by atoms with Crippen LogP contribution >= 0.6 is 34.5 Å². The Balaban J connectivity index is 1.91. The lowest BCUT2D eigenvalue weighted by molar-refractivity contribution is -0.136. The Labute approximate surface area is 215 Å². The third kappa shape index (κ3) is 5.00. The summed E-state index contributed by atoms with van der Waals surface area (Å²) in [6.45, 7) is 4.64. The molecule has 182 valence electrons. The van der Waals surface area contributed by atoms with E-state index in [0.717, 1.165) is 0 Å². The van der Waals surface area contributed by atoms with Crippen molar-refractivity contribution in [2.45, 2.75) is 19.9 Å². The van der Waals surface area contributed by atoms with E-state index in [1.165, 1.54) is 29.2 Å². The molecule has 0 N–H and O–H groups in total. The predicted octanol–water partition coefficient (Wildman–Crippen LogP) is 4.12. The van der Waals surface area contributed by atoms with Gasteiger partial charge < -0.3 is 14.2 Å². The maximum atomic E-state index is 13.6. The van der Waals surface area contributed by atoms with Gasteiger partial charge in [0.15, 0.2) is 16.3 Å². The monoisotopic (exact) mass is 532 g/mol. The highest BCUT2D eigenvalue weighted by Crippen LogP contribution is 2.35. The van der Waals surface area contributed by atoms with Gasteiger partial charge in [0.05, 0.1) is 36.5 Å². The number of ether oxygens (including phenoxy) is 3. The van der Waals surface area contributed by atoms with Crippen LogP contribution in [0.3, 0.4) is 0 Å². The fourth-order valence-corrected chi connectivity index (χ4v) is 5.17. The highest BCUT2D eigenvalue weighted by atomic mass is 35.5. The summed E-state index contributed by atoms with van der Waals surface area (Å²) in [5.74, 6) is 0.509. The number of fused-ring (bicyclic) bond motifs is 1. The number of nitrogens with zero attached hydrogens (tertiary/aromatic N) is 2. The maximum absolute atomic E-state index is 13.6. The molecule has 0 radical (unpaired) electrons. The molecule has 1 atom stereocenters. The zero-order chi connectivity index (χ0) is 25.1. The zero-order valence-electron chi connectivity index (χ0n) is 19.2. The Kier molecular flexibility index (Phi) is 7.64. The number of benzene rings is 2. The quantitative estimate of drug-likeness (QED) is 0.427. The van der Waals surface area contributed by atoms with Gasteiger partial charge in [-0.2, -0.15) is 0 Å². The van der Waals surface area contributed by atoms with Crippen molar-refractivity contribution in [1.82, 2.24) is 4.57 Å². The van der Waals surface area contributed by atoms with Crippen LogP contribution in [0, 0.1) is 0 Å². The number of methoxy groups -OCH3 is 1. The predicted molar refractivity (Wildman–Crippen MR) is 136 cm³/mol. The van der Waals surface area contributed by atoms with Gasteiger partial charge in [0.2, 0.25) is 0 Å². The first-order valence-electron chi connectivity index (χ1n) is 10.8. The molecule has 0 aliphatic carbocycles. The van der Waals surface area contributed by atoms with E-state index in [1.54, 1.807) is 42.5 Å². The van der Waals surface area contributed by atoms with Crippen molar-refractivity contribution in [2.24, 2.45) is 4.99 Å². The summed E-state index contributed by atoms with van der Waals surface area (Å²) in [6.07, 6.45) is 3.13. The number of carbonyl (C=O) groups excluding carboxylic acids is 1. The minimum absolute atomic E-state index is 0.225. The largest absolute Gasteiger partial charge is 0.490 e. The summed E-state index contributed by atoms with van der Waals surface area (Å²) in [6, 6.07) is 9.62. The highest BCUT2D eigenvalue weighted by Gasteiger charge is 2.31. The minimum Gasteiger partial charge on any atom is -0.490 e. The van der Waals surface area contributed by atoms with E-state index in [1.807, 2.05) is 13.8 Å². The van der Waals surface area contributed by atoms with E-state index in [2.05, 4.69) is 4.99 Å². The van der Waals surface area contributed by atoms with Gasteiger partial charge in [0.25, 0.3) is 5.56 Å². The summed E-state index contributed by atoms with van der Waals surface area (Å²) in [7, 11) is 1.29. The molecule has 0 saturated carbocycles. The van der Waals surface area contributed by atoms with Crippen LogP contribution in [0.15, 0.2) is 58.0 Å². The molecule has 10 heteroatoms. The van der Waals surface area contributed by atoms with Gasteiger partial charge >= 0.3 is 5.97 Å². The summed E-state index contributed by atoms with van der Waals surface area (Å²) in [5, 5.41) is 0.917. The lowest BCUT2D eigenvalue weighted by Crippen LogP contribution is -2.39. The van der Waals surface area contributed by atoms with Gasteiger partial charge in [0, 0.05) is 16.2 Å². The Morgan fingerprint density at radius 3 is 2.54 bits per heavy atom. The Morgan fingerprint density at radius 2 is 1.86 bits per heavy atom. The second-order valence-electron chi connectivity index (χ2n) is 7.41. The normalized spacial score (nSPS) is 15.2. The number of hydrogen-bond donors (Lipinski definition) is 0. The molecule has 1 aliphatic heterocycles. The lowest BCUT2D eigenvalue weighted by atomic mass is 9.97. The summed E-state index contributed by atoms with van der Waals surface area (Å²) in [5.41, 5.74) is 1.21. The van der Waals surface area contributed by atoms with Gasteiger partial charge in [0.1, 0.15) is 0 Å². The van der Waals surface area contributed by atoms with E-state index < -0.39 is 12.0 Å². The van der Waals surface area contributed by atoms with Crippen LogP contribution < -0.4 is 24.4 Å². The molecule has 2 heterocycles. The molecule has 0 bridgehead atoms. The van der Waals surface area contributed by atoms with Crippen molar-refractivity contribution in [1.29, 1.82) is 0 Å². The van der Waals surface area contributed by atoms with Crippen molar-refractivity contribution < 1.29 is 19.0 Å². The first-order valence-corrected chi connectivity index (χ1v) is 12.4. The SMILES string of the molecule is CCOc1ccc([C@@H]2C(C(=O)OC)=CN=c3s/c(=C\c4ccc(Cl)cc4Cl)c(=O)n32)cc1OCC. The molecular formula is C25H22Cl2N2O5S. The van der Waals surface area contributed by atoms with Crippen LogP contribution in [0.25, 0.3) is 6.08 Å². The van der Waals surface area contributed by atoms with Gasteiger partial charge in [-0.15, -0.1) is 0 Å². The van der Waals surface area contributed by atoms with Gasteiger partial charge in [-0.25, -0.2) is 9.79 Å². The van der Waals surface area contributed by atoms with Gasteiger partial charge in [-0.1, -0.05) is 46.7 Å². The molecule has 0 fully saturated rings. The average molecular weight is 533 g/mol. The van der Waals surface area contributed by atoms with Crippen LogP contribution in [0.4, 0.5) is 0 Å². The van der Waals surface area contributed by atoms with Crippen molar-refractivity contribution >= 4 is 46.6 Å². The molecule has 0 spiro atoms.